The molecule has 0 radical (unpaired) electrons. The normalized spacial score (nSPS) is 35.0. The quantitative estimate of drug-likeness (QED) is 0.891. The van der Waals surface area contributed by atoms with Crippen molar-refractivity contribution in [1.29, 1.82) is 0 Å². The lowest BCUT2D eigenvalue weighted by molar-refractivity contribution is -0.129. The fraction of sp³-hybridized carbons (Fsp3) is 0.611. The fourth-order valence-corrected chi connectivity index (χ4v) is 4.11. The van der Waals surface area contributed by atoms with Crippen molar-refractivity contribution in [3.05, 3.63) is 35.9 Å². The monoisotopic (exact) mass is 272 g/mol. The second-order valence-electron chi connectivity index (χ2n) is 6.47. The van der Waals surface area contributed by atoms with Crippen LogP contribution in [0.4, 0.5) is 0 Å². The Kier molecular flexibility index (Phi) is 4.21. The summed E-state index contributed by atoms with van der Waals surface area (Å²) >= 11 is 0. The van der Waals surface area contributed by atoms with E-state index in [-0.39, 0.29) is 17.9 Å². The number of hydrogen-bond acceptors (Lipinski definition) is 2. The van der Waals surface area contributed by atoms with Crippen LogP contribution in [-0.4, -0.2) is 17.0 Å². The Labute approximate surface area is 121 Å². The molecule has 2 fully saturated rings. The van der Waals surface area contributed by atoms with E-state index in [1.54, 1.807) is 0 Å². The van der Waals surface area contributed by atoms with Crippen molar-refractivity contribution in [2.24, 2.45) is 11.8 Å². The zero-order valence-electron chi connectivity index (χ0n) is 12.0. The first-order valence-electron chi connectivity index (χ1n) is 8.01. The number of ketones is 1. The number of rotatable bonds is 2. The van der Waals surface area contributed by atoms with Crippen LogP contribution >= 0.6 is 0 Å². The van der Waals surface area contributed by atoms with Crippen LogP contribution in [0, 0.1) is 11.8 Å². The smallest absolute Gasteiger partial charge is 0.136 e. The molecule has 0 amide bonds. The van der Waals surface area contributed by atoms with Crippen molar-refractivity contribution in [1.82, 2.24) is 0 Å². The van der Waals surface area contributed by atoms with E-state index in [1.165, 1.54) is 12.0 Å². The number of carbonyl (C=O) groups is 1. The minimum atomic E-state index is -0.257. The largest absolute Gasteiger partial charge is 0.393 e. The fourth-order valence-electron chi connectivity index (χ4n) is 4.11. The summed E-state index contributed by atoms with van der Waals surface area (Å²) in [5.74, 6) is 1.18. The Morgan fingerprint density at radius 3 is 2.50 bits per heavy atom. The molecule has 1 aromatic carbocycles. The molecule has 4 atom stereocenters. The van der Waals surface area contributed by atoms with Gasteiger partial charge in [0.15, 0.2) is 0 Å². The van der Waals surface area contributed by atoms with E-state index in [2.05, 4.69) is 24.3 Å². The standard InChI is InChI=1S/C18H24O2/c19-17-9-5-4-8-15(17)16-12-14(10-11-18(16)20)13-6-2-1-3-7-13/h1-3,6-7,14-17,19H,4-5,8-12H2. The number of carbonyl (C=O) groups excluding carboxylic acids is 1. The third-order valence-corrected chi connectivity index (χ3v) is 5.26. The zero-order valence-corrected chi connectivity index (χ0v) is 12.0. The van der Waals surface area contributed by atoms with Gasteiger partial charge in [-0.25, -0.2) is 0 Å². The average molecular weight is 272 g/mol. The van der Waals surface area contributed by atoms with E-state index >= 15 is 0 Å². The third kappa shape index (κ3) is 2.80. The molecular weight excluding hydrogens is 248 g/mol. The maximum absolute atomic E-state index is 12.3. The van der Waals surface area contributed by atoms with Crippen LogP contribution in [0.5, 0.6) is 0 Å². The van der Waals surface area contributed by atoms with Crippen LogP contribution in [-0.2, 0) is 4.79 Å². The lowest BCUT2D eigenvalue weighted by Gasteiger charge is -2.38. The predicted molar refractivity (Wildman–Crippen MR) is 79.5 cm³/mol. The Morgan fingerprint density at radius 2 is 1.75 bits per heavy atom. The van der Waals surface area contributed by atoms with Crippen LogP contribution in [0.15, 0.2) is 30.3 Å². The lowest BCUT2D eigenvalue weighted by atomic mass is 9.67. The summed E-state index contributed by atoms with van der Waals surface area (Å²) in [5, 5.41) is 10.2. The molecule has 3 rings (SSSR count). The molecule has 0 spiro atoms. The highest BCUT2D eigenvalue weighted by Gasteiger charge is 2.38. The highest BCUT2D eigenvalue weighted by molar-refractivity contribution is 5.82. The third-order valence-electron chi connectivity index (χ3n) is 5.26. The summed E-state index contributed by atoms with van der Waals surface area (Å²) in [6.07, 6.45) is 6.53. The predicted octanol–water partition coefficient (Wildman–Crippen LogP) is 3.69. The van der Waals surface area contributed by atoms with Gasteiger partial charge in [0, 0.05) is 12.3 Å². The number of aliphatic hydroxyl groups excluding tert-OH is 1. The molecular formula is C18H24O2. The SMILES string of the molecule is O=C1CCC(c2ccccc2)CC1C1CCCCC1O. The van der Waals surface area contributed by atoms with E-state index in [9.17, 15) is 9.90 Å². The molecule has 20 heavy (non-hydrogen) atoms. The molecule has 2 heteroatoms. The number of aliphatic hydroxyl groups is 1. The molecule has 2 saturated carbocycles. The summed E-state index contributed by atoms with van der Waals surface area (Å²) in [7, 11) is 0. The van der Waals surface area contributed by atoms with Crippen molar-refractivity contribution in [2.45, 2.75) is 57.0 Å². The van der Waals surface area contributed by atoms with Gasteiger partial charge in [0.05, 0.1) is 6.10 Å². The van der Waals surface area contributed by atoms with Crippen LogP contribution in [0.3, 0.4) is 0 Å². The summed E-state index contributed by atoms with van der Waals surface area (Å²) in [6.45, 7) is 0. The van der Waals surface area contributed by atoms with E-state index < -0.39 is 0 Å². The van der Waals surface area contributed by atoms with Crippen LogP contribution < -0.4 is 0 Å². The van der Waals surface area contributed by atoms with Gasteiger partial charge in [-0.05, 0) is 43.1 Å². The maximum Gasteiger partial charge on any atom is 0.136 e. The Balaban J connectivity index is 1.75. The van der Waals surface area contributed by atoms with Gasteiger partial charge in [0.25, 0.3) is 0 Å². The van der Waals surface area contributed by atoms with Crippen molar-refractivity contribution in [3.63, 3.8) is 0 Å². The van der Waals surface area contributed by atoms with Crippen molar-refractivity contribution < 1.29 is 9.90 Å². The molecule has 4 unspecified atom stereocenters. The molecule has 0 aromatic heterocycles. The highest BCUT2D eigenvalue weighted by atomic mass is 16.3. The molecule has 1 N–H and O–H groups in total. The second-order valence-corrected chi connectivity index (χ2v) is 6.47. The zero-order chi connectivity index (χ0) is 13.9. The van der Waals surface area contributed by atoms with Gasteiger partial charge in [-0.2, -0.15) is 0 Å². The molecule has 2 nitrogen and oxygen atoms in total. The van der Waals surface area contributed by atoms with Crippen molar-refractivity contribution in [3.8, 4) is 0 Å². The van der Waals surface area contributed by atoms with Gasteiger partial charge in [0.1, 0.15) is 5.78 Å². The topological polar surface area (TPSA) is 37.3 Å². The van der Waals surface area contributed by atoms with E-state index in [4.69, 9.17) is 0 Å². The molecule has 0 bridgehead atoms. The first-order chi connectivity index (χ1) is 9.75. The second kappa shape index (κ2) is 6.09. The van der Waals surface area contributed by atoms with E-state index in [0.29, 0.717) is 18.1 Å². The minimum Gasteiger partial charge on any atom is -0.393 e. The molecule has 1 aromatic rings. The van der Waals surface area contributed by atoms with Gasteiger partial charge >= 0.3 is 0 Å². The molecule has 2 aliphatic rings. The molecule has 2 aliphatic carbocycles. The van der Waals surface area contributed by atoms with Gasteiger partial charge < -0.3 is 5.11 Å². The van der Waals surface area contributed by atoms with Gasteiger partial charge in [-0.15, -0.1) is 0 Å². The molecule has 0 saturated heterocycles. The summed E-state index contributed by atoms with van der Waals surface area (Å²) < 4.78 is 0. The van der Waals surface area contributed by atoms with Gasteiger partial charge in [-0.3, -0.25) is 4.79 Å². The first-order valence-corrected chi connectivity index (χ1v) is 8.01. The van der Waals surface area contributed by atoms with Gasteiger partial charge in [0.2, 0.25) is 0 Å². The van der Waals surface area contributed by atoms with Gasteiger partial charge in [-0.1, -0.05) is 43.2 Å². The number of hydrogen-bond donors (Lipinski definition) is 1. The summed E-state index contributed by atoms with van der Waals surface area (Å²) in [4.78, 5) is 12.3. The summed E-state index contributed by atoms with van der Waals surface area (Å²) in [5.41, 5.74) is 1.36. The Morgan fingerprint density at radius 1 is 1.00 bits per heavy atom. The number of Topliss-reactive ketones (excluding diaryl/α,β-unsaturated/α-hetero) is 1. The molecule has 108 valence electrons. The summed E-state index contributed by atoms with van der Waals surface area (Å²) in [6, 6.07) is 10.6. The van der Waals surface area contributed by atoms with Crippen LogP contribution in [0.25, 0.3) is 0 Å². The van der Waals surface area contributed by atoms with E-state index in [0.717, 1.165) is 32.1 Å². The Bertz CT molecular complexity index is 454. The van der Waals surface area contributed by atoms with E-state index in [1.807, 2.05) is 6.07 Å². The van der Waals surface area contributed by atoms with Crippen LogP contribution in [0.1, 0.15) is 56.4 Å². The highest BCUT2D eigenvalue weighted by Crippen LogP contribution is 2.42. The van der Waals surface area contributed by atoms with Crippen molar-refractivity contribution in [2.75, 3.05) is 0 Å². The van der Waals surface area contributed by atoms with Crippen molar-refractivity contribution >= 4 is 5.78 Å². The average Bonchev–Trinajstić information content (AvgIpc) is 2.49. The Hall–Kier alpha value is -1.15. The first kappa shape index (κ1) is 13.8. The molecule has 0 heterocycles. The number of benzene rings is 1. The molecule has 0 aliphatic heterocycles. The minimum absolute atomic E-state index is 0.0873. The maximum atomic E-state index is 12.3. The lowest BCUT2D eigenvalue weighted by Crippen LogP contribution is -2.38. The van der Waals surface area contributed by atoms with Crippen LogP contribution in [0.2, 0.25) is 0 Å².